The lowest BCUT2D eigenvalue weighted by molar-refractivity contribution is 1.06. The summed E-state index contributed by atoms with van der Waals surface area (Å²) in [5, 5.41) is 3.24. The monoisotopic (exact) mass is 383 g/mol. The van der Waals surface area contributed by atoms with Gasteiger partial charge >= 0.3 is 0 Å². The van der Waals surface area contributed by atoms with E-state index in [1.165, 1.54) is 5.56 Å². The van der Waals surface area contributed by atoms with E-state index in [4.69, 9.17) is 0 Å². The standard InChI is InChI=1S/C14H15Br2N3/c1-4-17-14-12(16)9(3)18-13(19-14)10-6-5-8(2)11(15)7-10/h5-7H,4H2,1-3H3,(H,17,18,19). The molecule has 5 heteroatoms. The van der Waals surface area contributed by atoms with E-state index >= 15 is 0 Å². The van der Waals surface area contributed by atoms with Crippen molar-refractivity contribution in [1.82, 2.24) is 9.97 Å². The fourth-order valence-electron chi connectivity index (χ4n) is 1.70. The largest absolute Gasteiger partial charge is 0.369 e. The van der Waals surface area contributed by atoms with Gasteiger partial charge in [0, 0.05) is 16.6 Å². The van der Waals surface area contributed by atoms with Crippen molar-refractivity contribution < 1.29 is 0 Å². The van der Waals surface area contributed by atoms with E-state index in [-0.39, 0.29) is 0 Å². The Hall–Kier alpha value is -0.940. The maximum absolute atomic E-state index is 4.57. The third-order valence-electron chi connectivity index (χ3n) is 2.79. The summed E-state index contributed by atoms with van der Waals surface area (Å²) in [6.07, 6.45) is 0. The highest BCUT2D eigenvalue weighted by Crippen LogP contribution is 2.28. The van der Waals surface area contributed by atoms with E-state index in [0.717, 1.165) is 38.4 Å². The number of halogens is 2. The molecule has 0 radical (unpaired) electrons. The fourth-order valence-corrected chi connectivity index (χ4v) is 2.40. The molecule has 19 heavy (non-hydrogen) atoms. The molecule has 1 heterocycles. The number of rotatable bonds is 3. The minimum Gasteiger partial charge on any atom is -0.369 e. The zero-order chi connectivity index (χ0) is 14.0. The maximum Gasteiger partial charge on any atom is 0.161 e. The van der Waals surface area contributed by atoms with Crippen LogP contribution < -0.4 is 5.32 Å². The van der Waals surface area contributed by atoms with Crippen LogP contribution >= 0.6 is 31.9 Å². The summed E-state index contributed by atoms with van der Waals surface area (Å²) in [5.41, 5.74) is 3.13. The Bertz CT molecular complexity index is 612. The first-order valence-corrected chi connectivity index (χ1v) is 7.66. The molecule has 0 amide bonds. The summed E-state index contributed by atoms with van der Waals surface area (Å²) in [7, 11) is 0. The van der Waals surface area contributed by atoms with E-state index in [1.807, 2.05) is 26.0 Å². The Morgan fingerprint density at radius 2 is 1.89 bits per heavy atom. The maximum atomic E-state index is 4.57. The summed E-state index contributed by atoms with van der Waals surface area (Å²) in [4.78, 5) is 9.11. The molecule has 0 fully saturated rings. The van der Waals surface area contributed by atoms with E-state index in [2.05, 4.69) is 60.1 Å². The molecule has 0 saturated carbocycles. The van der Waals surface area contributed by atoms with E-state index in [9.17, 15) is 0 Å². The van der Waals surface area contributed by atoms with Crippen molar-refractivity contribution in [3.8, 4) is 11.4 Å². The molecule has 0 unspecified atom stereocenters. The van der Waals surface area contributed by atoms with Crippen LogP contribution in [0.4, 0.5) is 5.82 Å². The van der Waals surface area contributed by atoms with Gasteiger partial charge in [-0.2, -0.15) is 0 Å². The van der Waals surface area contributed by atoms with Gasteiger partial charge in [-0.25, -0.2) is 9.97 Å². The van der Waals surface area contributed by atoms with Crippen LogP contribution in [-0.4, -0.2) is 16.5 Å². The molecule has 2 rings (SSSR count). The third kappa shape index (κ3) is 3.15. The van der Waals surface area contributed by atoms with Crippen LogP contribution in [0, 0.1) is 13.8 Å². The Labute approximate surface area is 130 Å². The molecule has 0 aliphatic heterocycles. The third-order valence-corrected chi connectivity index (χ3v) is 4.59. The van der Waals surface area contributed by atoms with Gasteiger partial charge in [0.05, 0.1) is 10.2 Å². The van der Waals surface area contributed by atoms with Crippen LogP contribution in [0.15, 0.2) is 27.1 Å². The summed E-state index contributed by atoms with van der Waals surface area (Å²) in [6, 6.07) is 6.15. The second-order valence-electron chi connectivity index (χ2n) is 4.29. The topological polar surface area (TPSA) is 37.8 Å². The number of nitrogens with zero attached hydrogens (tertiary/aromatic N) is 2. The van der Waals surface area contributed by atoms with E-state index in [1.54, 1.807) is 0 Å². The second-order valence-corrected chi connectivity index (χ2v) is 5.94. The first-order valence-electron chi connectivity index (χ1n) is 6.07. The first-order chi connectivity index (χ1) is 9.02. The summed E-state index contributed by atoms with van der Waals surface area (Å²) in [6.45, 7) is 6.91. The molecule has 2 aromatic rings. The van der Waals surface area contributed by atoms with Crippen molar-refractivity contribution in [2.45, 2.75) is 20.8 Å². The molecule has 0 bridgehead atoms. The predicted octanol–water partition coefficient (Wildman–Crippen LogP) is 4.72. The molecular weight excluding hydrogens is 370 g/mol. The molecule has 100 valence electrons. The van der Waals surface area contributed by atoms with Gasteiger partial charge in [-0.3, -0.25) is 0 Å². The van der Waals surface area contributed by atoms with Gasteiger partial charge in [0.2, 0.25) is 0 Å². The van der Waals surface area contributed by atoms with Crippen molar-refractivity contribution in [2.75, 3.05) is 11.9 Å². The molecule has 1 aromatic heterocycles. The van der Waals surface area contributed by atoms with Crippen molar-refractivity contribution in [3.05, 3.63) is 38.4 Å². The van der Waals surface area contributed by atoms with E-state index in [0.29, 0.717) is 0 Å². The lowest BCUT2D eigenvalue weighted by Crippen LogP contribution is -2.04. The SMILES string of the molecule is CCNc1nc(-c2ccc(C)c(Br)c2)nc(C)c1Br. The van der Waals surface area contributed by atoms with Gasteiger partial charge in [0.25, 0.3) is 0 Å². The van der Waals surface area contributed by atoms with Crippen LogP contribution in [0.2, 0.25) is 0 Å². The zero-order valence-corrected chi connectivity index (χ0v) is 14.3. The van der Waals surface area contributed by atoms with E-state index < -0.39 is 0 Å². The van der Waals surface area contributed by atoms with Gasteiger partial charge in [0.1, 0.15) is 5.82 Å². The van der Waals surface area contributed by atoms with Crippen molar-refractivity contribution >= 4 is 37.7 Å². The van der Waals surface area contributed by atoms with Gasteiger partial charge < -0.3 is 5.32 Å². The highest BCUT2D eigenvalue weighted by atomic mass is 79.9. The van der Waals surface area contributed by atoms with Crippen LogP contribution in [0.5, 0.6) is 0 Å². The van der Waals surface area contributed by atoms with Gasteiger partial charge in [0.15, 0.2) is 5.82 Å². The smallest absolute Gasteiger partial charge is 0.161 e. The number of hydrogen-bond acceptors (Lipinski definition) is 3. The number of aryl methyl sites for hydroxylation is 2. The summed E-state index contributed by atoms with van der Waals surface area (Å²) < 4.78 is 1.99. The predicted molar refractivity (Wildman–Crippen MR) is 86.5 cm³/mol. The molecule has 0 atom stereocenters. The van der Waals surface area contributed by atoms with Gasteiger partial charge in [-0.1, -0.05) is 28.1 Å². The molecule has 0 saturated heterocycles. The normalized spacial score (nSPS) is 10.6. The first kappa shape index (κ1) is 14.5. The average molecular weight is 385 g/mol. The Balaban J connectivity index is 2.52. The number of benzene rings is 1. The zero-order valence-electron chi connectivity index (χ0n) is 11.1. The number of anilines is 1. The summed E-state index contributed by atoms with van der Waals surface area (Å²) in [5.74, 6) is 1.57. The molecule has 3 nitrogen and oxygen atoms in total. The van der Waals surface area contributed by atoms with Gasteiger partial charge in [-0.15, -0.1) is 0 Å². The van der Waals surface area contributed by atoms with Crippen molar-refractivity contribution in [2.24, 2.45) is 0 Å². The second kappa shape index (κ2) is 6.01. The number of hydrogen-bond donors (Lipinski definition) is 1. The Morgan fingerprint density at radius 3 is 2.53 bits per heavy atom. The highest BCUT2D eigenvalue weighted by molar-refractivity contribution is 9.11. The van der Waals surface area contributed by atoms with Crippen molar-refractivity contribution in [3.63, 3.8) is 0 Å². The van der Waals surface area contributed by atoms with Crippen molar-refractivity contribution in [1.29, 1.82) is 0 Å². The average Bonchev–Trinajstić information content (AvgIpc) is 2.38. The minimum absolute atomic E-state index is 0.734. The van der Waals surface area contributed by atoms with Crippen LogP contribution in [0.3, 0.4) is 0 Å². The molecular formula is C14H15Br2N3. The molecule has 1 aromatic carbocycles. The molecule has 0 aliphatic carbocycles. The Kier molecular flexibility index (Phi) is 4.58. The minimum atomic E-state index is 0.734. The lowest BCUT2D eigenvalue weighted by Gasteiger charge is -2.10. The molecule has 1 N–H and O–H groups in total. The van der Waals surface area contributed by atoms with Crippen LogP contribution in [0.25, 0.3) is 11.4 Å². The quantitative estimate of drug-likeness (QED) is 0.831. The van der Waals surface area contributed by atoms with Crippen LogP contribution in [-0.2, 0) is 0 Å². The highest BCUT2D eigenvalue weighted by Gasteiger charge is 2.11. The number of aromatic nitrogens is 2. The summed E-state index contributed by atoms with van der Waals surface area (Å²) >= 11 is 7.06. The lowest BCUT2D eigenvalue weighted by atomic mass is 10.1. The molecule has 0 aliphatic rings. The number of nitrogens with one attached hydrogen (secondary N) is 1. The Morgan fingerprint density at radius 1 is 1.16 bits per heavy atom. The van der Waals surface area contributed by atoms with Crippen LogP contribution in [0.1, 0.15) is 18.2 Å². The fraction of sp³-hybridized carbons (Fsp3) is 0.286. The molecule has 0 spiro atoms. The van der Waals surface area contributed by atoms with Gasteiger partial charge in [-0.05, 0) is 48.3 Å².